The summed E-state index contributed by atoms with van der Waals surface area (Å²) in [5.74, 6) is 1.70. The fourth-order valence-corrected chi connectivity index (χ4v) is 4.06. The molecule has 4 aromatic heterocycles. The topological polar surface area (TPSA) is 120 Å². The Morgan fingerprint density at radius 1 is 1.19 bits per heavy atom. The third kappa shape index (κ3) is 3.01. The lowest BCUT2D eigenvalue weighted by Gasteiger charge is -2.24. The standard InChI is InChI=1S/C23H20N8O/c1-3-17-20-19(16(11-24)21(25)32-23(20)30(2)29-17)14-6-7-18(28-13-14)31-10-9-27-22(31)15-5-4-8-26-12-15/h4-10,12-13,19H,3,25H2,1-2H3. The largest absolute Gasteiger partial charge is 0.422 e. The van der Waals surface area contributed by atoms with Crippen LogP contribution in [0.1, 0.15) is 29.7 Å². The first kappa shape index (κ1) is 19.5. The van der Waals surface area contributed by atoms with Gasteiger partial charge in [-0.2, -0.15) is 10.4 Å². The van der Waals surface area contributed by atoms with Crippen molar-refractivity contribution in [1.29, 1.82) is 5.26 Å². The molecule has 158 valence electrons. The summed E-state index contributed by atoms with van der Waals surface area (Å²) in [7, 11) is 1.81. The van der Waals surface area contributed by atoms with Crippen molar-refractivity contribution in [2.75, 3.05) is 0 Å². The highest BCUT2D eigenvalue weighted by molar-refractivity contribution is 5.58. The maximum absolute atomic E-state index is 9.82. The number of rotatable bonds is 4. The number of nitrogens with zero attached hydrogens (tertiary/aromatic N) is 7. The molecule has 1 atom stereocenters. The molecule has 5 rings (SSSR count). The van der Waals surface area contributed by atoms with E-state index in [0.717, 1.165) is 28.2 Å². The zero-order chi connectivity index (χ0) is 22.2. The van der Waals surface area contributed by atoms with Crippen LogP contribution in [0.3, 0.4) is 0 Å². The van der Waals surface area contributed by atoms with E-state index >= 15 is 0 Å². The zero-order valence-corrected chi connectivity index (χ0v) is 17.6. The Kier molecular flexibility index (Phi) is 4.67. The smallest absolute Gasteiger partial charge is 0.224 e. The summed E-state index contributed by atoms with van der Waals surface area (Å²) in [4.78, 5) is 13.3. The van der Waals surface area contributed by atoms with Crippen LogP contribution in [0.25, 0.3) is 17.2 Å². The monoisotopic (exact) mass is 424 g/mol. The minimum absolute atomic E-state index is 0.0909. The lowest BCUT2D eigenvalue weighted by Crippen LogP contribution is -2.22. The molecule has 32 heavy (non-hydrogen) atoms. The molecule has 2 N–H and O–H groups in total. The number of fused-ring (bicyclic) bond motifs is 1. The van der Waals surface area contributed by atoms with Crippen molar-refractivity contribution < 1.29 is 4.74 Å². The van der Waals surface area contributed by atoms with Crippen molar-refractivity contribution in [3.05, 3.63) is 83.5 Å². The van der Waals surface area contributed by atoms with Crippen LogP contribution in [-0.4, -0.2) is 29.3 Å². The molecular weight excluding hydrogens is 404 g/mol. The average Bonchev–Trinajstić information content (AvgIpc) is 3.44. The van der Waals surface area contributed by atoms with Gasteiger partial charge in [0.05, 0.1) is 17.2 Å². The summed E-state index contributed by atoms with van der Waals surface area (Å²) in [5.41, 5.74) is 9.90. The molecule has 1 aliphatic rings. The predicted octanol–water partition coefficient (Wildman–Crippen LogP) is 2.84. The molecule has 1 aliphatic heterocycles. The van der Waals surface area contributed by atoms with Gasteiger partial charge in [0, 0.05) is 43.6 Å². The molecular formula is C23H20N8O. The van der Waals surface area contributed by atoms with Crippen molar-refractivity contribution in [2.45, 2.75) is 19.3 Å². The van der Waals surface area contributed by atoms with E-state index in [1.807, 2.05) is 42.0 Å². The van der Waals surface area contributed by atoms with Gasteiger partial charge in [0.25, 0.3) is 0 Å². The van der Waals surface area contributed by atoms with Crippen LogP contribution in [-0.2, 0) is 13.5 Å². The van der Waals surface area contributed by atoms with Gasteiger partial charge in [-0.1, -0.05) is 13.0 Å². The quantitative estimate of drug-likeness (QED) is 0.535. The Hall–Kier alpha value is -4.45. The Morgan fingerprint density at radius 3 is 2.75 bits per heavy atom. The number of nitriles is 1. The number of hydrogen-bond acceptors (Lipinski definition) is 7. The molecule has 9 nitrogen and oxygen atoms in total. The van der Waals surface area contributed by atoms with Gasteiger partial charge in [-0.15, -0.1) is 0 Å². The maximum Gasteiger partial charge on any atom is 0.224 e. The number of hydrogen-bond donors (Lipinski definition) is 1. The van der Waals surface area contributed by atoms with E-state index in [1.54, 1.807) is 36.5 Å². The number of nitrogens with two attached hydrogens (primary N) is 1. The van der Waals surface area contributed by atoms with Gasteiger partial charge >= 0.3 is 0 Å². The minimum atomic E-state index is -0.394. The van der Waals surface area contributed by atoms with Gasteiger partial charge in [-0.25, -0.2) is 14.6 Å². The van der Waals surface area contributed by atoms with Gasteiger partial charge < -0.3 is 10.5 Å². The summed E-state index contributed by atoms with van der Waals surface area (Å²) in [5, 5.41) is 14.4. The highest BCUT2D eigenvalue weighted by Crippen LogP contribution is 2.43. The van der Waals surface area contributed by atoms with E-state index < -0.39 is 5.92 Å². The minimum Gasteiger partial charge on any atom is -0.422 e. The summed E-state index contributed by atoms with van der Waals surface area (Å²) in [6.07, 6.45) is 9.53. The van der Waals surface area contributed by atoms with Crippen LogP contribution < -0.4 is 10.5 Å². The lowest BCUT2D eigenvalue weighted by atomic mass is 9.84. The van der Waals surface area contributed by atoms with Gasteiger partial charge in [-0.3, -0.25) is 9.55 Å². The van der Waals surface area contributed by atoms with Crippen LogP contribution in [0.4, 0.5) is 0 Å². The fraction of sp³-hybridized carbons (Fsp3) is 0.174. The molecule has 0 fully saturated rings. The van der Waals surface area contributed by atoms with E-state index in [9.17, 15) is 5.26 Å². The second-order valence-electron chi connectivity index (χ2n) is 7.38. The summed E-state index contributed by atoms with van der Waals surface area (Å²) < 4.78 is 9.30. The molecule has 0 radical (unpaired) electrons. The Bertz CT molecular complexity index is 1360. The molecule has 0 spiro atoms. The highest BCUT2D eigenvalue weighted by atomic mass is 16.5. The number of imidazole rings is 1. The molecule has 0 saturated heterocycles. The van der Waals surface area contributed by atoms with Gasteiger partial charge in [0.2, 0.25) is 11.8 Å². The van der Waals surface area contributed by atoms with E-state index in [2.05, 4.69) is 26.1 Å². The van der Waals surface area contributed by atoms with E-state index in [1.165, 1.54) is 0 Å². The molecule has 5 heterocycles. The number of aromatic nitrogens is 6. The molecule has 1 unspecified atom stereocenters. The van der Waals surface area contributed by atoms with Crippen LogP contribution in [0.2, 0.25) is 0 Å². The third-order valence-corrected chi connectivity index (χ3v) is 5.52. The Balaban J connectivity index is 1.59. The zero-order valence-electron chi connectivity index (χ0n) is 17.6. The van der Waals surface area contributed by atoms with E-state index in [0.29, 0.717) is 23.7 Å². The average molecular weight is 424 g/mol. The molecule has 0 bridgehead atoms. The summed E-state index contributed by atoms with van der Waals surface area (Å²) in [6.45, 7) is 2.02. The van der Waals surface area contributed by atoms with Crippen molar-refractivity contribution in [1.82, 2.24) is 29.3 Å². The fourth-order valence-electron chi connectivity index (χ4n) is 4.06. The summed E-state index contributed by atoms with van der Waals surface area (Å²) >= 11 is 0. The van der Waals surface area contributed by atoms with Crippen molar-refractivity contribution in [3.8, 4) is 29.2 Å². The predicted molar refractivity (Wildman–Crippen MR) is 116 cm³/mol. The molecule has 0 aliphatic carbocycles. The Labute approximate surface area is 184 Å². The maximum atomic E-state index is 9.82. The normalized spacial score (nSPS) is 15.2. The first-order valence-corrected chi connectivity index (χ1v) is 10.2. The number of pyridine rings is 2. The number of ether oxygens (including phenoxy) is 1. The van der Waals surface area contributed by atoms with Crippen LogP contribution in [0, 0.1) is 11.3 Å². The first-order valence-electron chi connectivity index (χ1n) is 10.2. The number of aryl methyl sites for hydroxylation is 2. The Morgan fingerprint density at radius 2 is 2.06 bits per heavy atom. The van der Waals surface area contributed by atoms with E-state index in [-0.39, 0.29) is 5.88 Å². The van der Waals surface area contributed by atoms with Crippen LogP contribution in [0.5, 0.6) is 5.88 Å². The van der Waals surface area contributed by atoms with E-state index in [4.69, 9.17) is 10.5 Å². The first-order chi connectivity index (χ1) is 15.6. The van der Waals surface area contributed by atoms with Crippen LogP contribution >= 0.6 is 0 Å². The highest BCUT2D eigenvalue weighted by Gasteiger charge is 2.36. The van der Waals surface area contributed by atoms with Gasteiger partial charge in [0.1, 0.15) is 23.3 Å². The van der Waals surface area contributed by atoms with Crippen molar-refractivity contribution in [3.63, 3.8) is 0 Å². The molecule has 9 heteroatoms. The van der Waals surface area contributed by atoms with Crippen molar-refractivity contribution >= 4 is 0 Å². The molecule has 0 amide bonds. The molecule has 4 aromatic rings. The van der Waals surface area contributed by atoms with Crippen molar-refractivity contribution in [2.24, 2.45) is 12.8 Å². The third-order valence-electron chi connectivity index (χ3n) is 5.52. The second kappa shape index (κ2) is 7.67. The number of allylic oxidation sites excluding steroid dienone is 1. The van der Waals surface area contributed by atoms with Crippen LogP contribution in [0.15, 0.2) is 66.7 Å². The molecule has 0 saturated carbocycles. The second-order valence-corrected chi connectivity index (χ2v) is 7.38. The van der Waals surface area contributed by atoms with Gasteiger partial charge in [0.15, 0.2) is 0 Å². The SMILES string of the molecule is CCc1nn(C)c2c1C(c1ccc(-n3ccnc3-c3cccnc3)nc1)C(C#N)=C(N)O2. The van der Waals surface area contributed by atoms with Gasteiger partial charge in [-0.05, 0) is 30.2 Å². The summed E-state index contributed by atoms with van der Waals surface area (Å²) in [6, 6.07) is 9.89. The lowest BCUT2D eigenvalue weighted by molar-refractivity contribution is 0.358. The molecule has 0 aromatic carbocycles.